The summed E-state index contributed by atoms with van der Waals surface area (Å²) < 4.78 is 1.02. The number of aromatic nitrogens is 4. The van der Waals surface area contributed by atoms with E-state index < -0.39 is 22.8 Å². The van der Waals surface area contributed by atoms with E-state index in [-0.39, 0.29) is 0 Å². The summed E-state index contributed by atoms with van der Waals surface area (Å²) in [5.74, 6) is 0. The Bertz CT molecular complexity index is 1710. The maximum atomic E-state index is 12.2. The number of aliphatic hydroxyl groups is 1. The Labute approximate surface area is 232 Å². The Morgan fingerprint density at radius 1 is 0.974 bits per heavy atom. The molecule has 0 radical (unpaired) electrons. The van der Waals surface area contributed by atoms with Crippen molar-refractivity contribution in [1.82, 2.24) is 19.7 Å². The highest BCUT2D eigenvalue weighted by atomic mass is 35.5. The van der Waals surface area contributed by atoms with Crippen LogP contribution in [0.25, 0.3) is 16.9 Å². The third kappa shape index (κ3) is 4.83. The molecule has 0 aliphatic carbocycles. The van der Waals surface area contributed by atoms with Gasteiger partial charge in [-0.25, -0.2) is 9.78 Å². The van der Waals surface area contributed by atoms with E-state index in [4.69, 9.17) is 28.2 Å². The van der Waals surface area contributed by atoms with Crippen molar-refractivity contribution >= 4 is 34.5 Å². The van der Waals surface area contributed by atoms with Gasteiger partial charge in [0.2, 0.25) is 0 Å². The molecule has 0 fully saturated rings. The van der Waals surface area contributed by atoms with Crippen molar-refractivity contribution in [3.8, 4) is 16.9 Å². The minimum absolute atomic E-state index is 0.305. The summed E-state index contributed by atoms with van der Waals surface area (Å²) >= 11 is 14.9. The third-order valence-electron chi connectivity index (χ3n) is 6.21. The zero-order chi connectivity index (χ0) is 27.0. The van der Waals surface area contributed by atoms with Gasteiger partial charge in [-0.1, -0.05) is 83.9 Å². The topological polar surface area (TPSA) is 101 Å². The van der Waals surface area contributed by atoms with Gasteiger partial charge < -0.3 is 5.11 Å². The van der Waals surface area contributed by atoms with Crippen molar-refractivity contribution in [2.45, 2.75) is 25.4 Å². The molecule has 0 amide bonds. The van der Waals surface area contributed by atoms with Crippen LogP contribution in [0, 0.1) is 0 Å². The highest BCUT2D eigenvalue weighted by Crippen LogP contribution is 2.46. The molecule has 5 rings (SSSR count). The van der Waals surface area contributed by atoms with E-state index in [2.05, 4.69) is 10.1 Å². The monoisotopic (exact) mass is 564 g/mol. The minimum Gasteiger partial charge on any atom is -0.383 e. The molecule has 10 heteroatoms. The van der Waals surface area contributed by atoms with E-state index in [9.17, 15) is 14.7 Å². The molecule has 2 aromatic heterocycles. The number of aromatic amines is 1. The second kappa shape index (κ2) is 10.3. The first-order valence-electron chi connectivity index (χ1n) is 11.6. The van der Waals surface area contributed by atoms with Gasteiger partial charge in [0.25, 0.3) is 5.56 Å². The SMILES string of the molecule is CC(C)(c1nc(-c2ccccc2)c(C(O)c2ccccc2)s1)c1c(Cl)cc(-n2ncc(=O)[nH]c2=O)cc1Cl. The number of nitrogens with one attached hydrogen (secondary N) is 1. The number of halogens is 2. The number of hydrogen-bond donors (Lipinski definition) is 2. The number of aliphatic hydroxyl groups excluding tert-OH is 1. The number of hydrogen-bond acceptors (Lipinski definition) is 6. The van der Waals surface area contributed by atoms with E-state index >= 15 is 0 Å². The smallest absolute Gasteiger partial charge is 0.349 e. The molecular weight excluding hydrogens is 543 g/mol. The Hall–Kier alpha value is -3.56. The Kier molecular flexibility index (Phi) is 7.07. The Morgan fingerprint density at radius 3 is 2.18 bits per heavy atom. The summed E-state index contributed by atoms with van der Waals surface area (Å²) in [6, 6.07) is 22.3. The normalized spacial score (nSPS) is 12.4. The number of H-pyrrole nitrogens is 1. The molecule has 38 heavy (non-hydrogen) atoms. The largest absolute Gasteiger partial charge is 0.383 e. The summed E-state index contributed by atoms with van der Waals surface area (Å²) in [7, 11) is 0. The van der Waals surface area contributed by atoms with E-state index in [0.717, 1.165) is 22.0 Å². The lowest BCUT2D eigenvalue weighted by Crippen LogP contribution is -2.30. The van der Waals surface area contributed by atoms with E-state index in [0.29, 0.717) is 36.9 Å². The van der Waals surface area contributed by atoms with Crippen LogP contribution in [-0.4, -0.2) is 24.9 Å². The molecule has 0 bridgehead atoms. The van der Waals surface area contributed by atoms with Gasteiger partial charge in [-0.15, -0.1) is 11.3 Å². The van der Waals surface area contributed by atoms with Gasteiger partial charge in [0.1, 0.15) is 17.3 Å². The second-order valence-corrected chi connectivity index (χ2v) is 11.0. The zero-order valence-corrected chi connectivity index (χ0v) is 22.7. The number of benzene rings is 3. The molecule has 0 saturated carbocycles. The van der Waals surface area contributed by atoms with Crippen molar-refractivity contribution in [1.29, 1.82) is 0 Å². The van der Waals surface area contributed by atoms with Crippen LogP contribution in [-0.2, 0) is 5.41 Å². The summed E-state index contributed by atoms with van der Waals surface area (Å²) in [5.41, 5.74) is 1.17. The zero-order valence-electron chi connectivity index (χ0n) is 20.4. The van der Waals surface area contributed by atoms with Crippen molar-refractivity contribution in [3.05, 3.63) is 131 Å². The quantitative estimate of drug-likeness (QED) is 0.273. The fourth-order valence-corrected chi connectivity index (χ4v) is 6.46. The van der Waals surface area contributed by atoms with Gasteiger partial charge in [-0.3, -0.25) is 9.78 Å². The molecule has 3 aromatic carbocycles. The van der Waals surface area contributed by atoms with Crippen LogP contribution in [0.2, 0.25) is 10.0 Å². The molecular formula is C28H22Cl2N4O3S. The average molecular weight is 565 g/mol. The van der Waals surface area contributed by atoms with Crippen LogP contribution < -0.4 is 11.2 Å². The lowest BCUT2D eigenvalue weighted by atomic mass is 9.85. The van der Waals surface area contributed by atoms with E-state index in [1.54, 1.807) is 12.1 Å². The van der Waals surface area contributed by atoms with Crippen LogP contribution in [0.4, 0.5) is 0 Å². The maximum absolute atomic E-state index is 12.2. The molecule has 5 aromatic rings. The Balaban J connectivity index is 1.64. The maximum Gasteiger partial charge on any atom is 0.349 e. The fourth-order valence-electron chi connectivity index (χ4n) is 4.30. The molecule has 1 atom stereocenters. The van der Waals surface area contributed by atoms with Crippen LogP contribution in [0.1, 0.15) is 41.0 Å². The van der Waals surface area contributed by atoms with Crippen molar-refractivity contribution in [3.63, 3.8) is 0 Å². The predicted octanol–water partition coefficient (Wildman–Crippen LogP) is 5.76. The summed E-state index contributed by atoms with van der Waals surface area (Å²) in [6.07, 6.45) is 0.126. The Morgan fingerprint density at radius 2 is 1.58 bits per heavy atom. The summed E-state index contributed by atoms with van der Waals surface area (Å²) in [4.78, 5) is 31.5. The highest BCUT2D eigenvalue weighted by Gasteiger charge is 2.34. The molecule has 0 aliphatic rings. The standard InChI is InChI=1S/C28H22Cl2N4O3S/c1-28(2,22-19(29)13-18(14-20(22)30)34-27(37)32-21(35)15-31-34)26-33-23(16-9-5-3-6-10-16)25(38-26)24(36)17-11-7-4-8-12-17/h3-15,24,36H,1-2H3,(H,32,35,37). The molecule has 2 N–H and O–H groups in total. The first-order chi connectivity index (χ1) is 18.2. The molecule has 0 aliphatic heterocycles. The second-order valence-electron chi connectivity index (χ2n) is 9.17. The summed E-state index contributed by atoms with van der Waals surface area (Å²) in [5, 5.41) is 16.6. The van der Waals surface area contributed by atoms with Gasteiger partial charge in [0.05, 0.1) is 16.3 Å². The lowest BCUT2D eigenvalue weighted by molar-refractivity contribution is 0.224. The number of rotatable bonds is 6. The molecule has 1 unspecified atom stereocenters. The number of nitrogens with zero attached hydrogens (tertiary/aromatic N) is 3. The van der Waals surface area contributed by atoms with Crippen molar-refractivity contribution < 1.29 is 5.11 Å². The first-order valence-corrected chi connectivity index (χ1v) is 13.2. The fraction of sp³-hybridized carbons (Fsp3) is 0.143. The predicted molar refractivity (Wildman–Crippen MR) is 151 cm³/mol. The average Bonchev–Trinajstić information content (AvgIpc) is 3.35. The van der Waals surface area contributed by atoms with E-state index in [1.807, 2.05) is 74.5 Å². The van der Waals surface area contributed by atoms with Crippen LogP contribution >= 0.6 is 34.5 Å². The molecule has 7 nitrogen and oxygen atoms in total. The third-order valence-corrected chi connectivity index (χ3v) is 8.24. The molecule has 0 spiro atoms. The van der Waals surface area contributed by atoms with Gasteiger partial charge >= 0.3 is 5.69 Å². The number of thiazole rings is 1. The van der Waals surface area contributed by atoms with Gasteiger partial charge in [0, 0.05) is 26.6 Å². The minimum atomic E-state index is -0.875. The lowest BCUT2D eigenvalue weighted by Gasteiger charge is -2.26. The highest BCUT2D eigenvalue weighted by molar-refractivity contribution is 7.12. The van der Waals surface area contributed by atoms with E-state index in [1.165, 1.54) is 11.3 Å². The van der Waals surface area contributed by atoms with Crippen molar-refractivity contribution in [2.75, 3.05) is 0 Å². The molecule has 192 valence electrons. The first kappa shape index (κ1) is 26.1. The van der Waals surface area contributed by atoms with Crippen LogP contribution in [0.5, 0.6) is 0 Å². The molecule has 0 saturated heterocycles. The van der Waals surface area contributed by atoms with Gasteiger partial charge in [0.15, 0.2) is 0 Å². The van der Waals surface area contributed by atoms with Gasteiger partial charge in [-0.2, -0.15) is 9.78 Å². The van der Waals surface area contributed by atoms with Crippen LogP contribution in [0.15, 0.2) is 88.6 Å². The van der Waals surface area contributed by atoms with Gasteiger partial charge in [-0.05, 0) is 31.5 Å². The summed E-state index contributed by atoms with van der Waals surface area (Å²) in [6.45, 7) is 3.91. The molecule has 2 heterocycles. The van der Waals surface area contributed by atoms with Crippen LogP contribution in [0.3, 0.4) is 0 Å². The van der Waals surface area contributed by atoms with Crippen molar-refractivity contribution in [2.24, 2.45) is 0 Å².